The van der Waals surface area contributed by atoms with E-state index in [-0.39, 0.29) is 6.08 Å². The third-order valence-corrected chi connectivity index (χ3v) is 1.46. The summed E-state index contributed by atoms with van der Waals surface area (Å²) in [6.07, 6.45) is -11.5. The van der Waals surface area contributed by atoms with Gasteiger partial charge in [0.05, 0.1) is 0 Å². The van der Waals surface area contributed by atoms with Crippen molar-refractivity contribution in [3.8, 4) is 0 Å². The Morgan fingerprint density at radius 1 is 1.13 bits per heavy atom. The Kier molecular flexibility index (Phi) is 3.78. The molecule has 0 aromatic carbocycles. The highest BCUT2D eigenvalue weighted by Gasteiger charge is 2.55. The molecule has 1 N–H and O–H groups in total. The molecule has 0 bridgehead atoms. The maximum atomic E-state index is 11.9. The molecular formula is C7H6F6O2. The van der Waals surface area contributed by atoms with Gasteiger partial charge in [0.1, 0.15) is 0 Å². The van der Waals surface area contributed by atoms with Crippen LogP contribution < -0.4 is 0 Å². The van der Waals surface area contributed by atoms with E-state index in [4.69, 9.17) is 5.11 Å². The fourth-order valence-corrected chi connectivity index (χ4v) is 0.696. The summed E-state index contributed by atoms with van der Waals surface area (Å²) >= 11 is 0. The Balaban J connectivity index is 5.17. The molecule has 8 heteroatoms. The monoisotopic (exact) mass is 236 g/mol. The number of hydrogen-bond donors (Lipinski definition) is 1. The summed E-state index contributed by atoms with van der Waals surface area (Å²) in [6.45, 7) is 0.660. The minimum Gasteiger partial charge on any atom is -0.478 e. The van der Waals surface area contributed by atoms with Gasteiger partial charge in [0.2, 0.25) is 0 Å². The zero-order valence-electron chi connectivity index (χ0n) is 7.28. The summed E-state index contributed by atoms with van der Waals surface area (Å²) in [6, 6.07) is 0. The van der Waals surface area contributed by atoms with Crippen molar-refractivity contribution in [2.75, 3.05) is 0 Å². The van der Waals surface area contributed by atoms with Gasteiger partial charge in [0.25, 0.3) is 0 Å². The third-order valence-electron chi connectivity index (χ3n) is 1.46. The van der Waals surface area contributed by atoms with Crippen molar-refractivity contribution >= 4 is 5.97 Å². The summed E-state index contributed by atoms with van der Waals surface area (Å²) < 4.78 is 71.3. The van der Waals surface area contributed by atoms with E-state index in [1.807, 2.05) is 0 Å². The predicted octanol–water partition coefficient (Wildman–Crippen LogP) is 2.76. The van der Waals surface area contributed by atoms with E-state index in [1.54, 1.807) is 0 Å². The average molecular weight is 236 g/mol. The molecule has 0 spiro atoms. The zero-order chi connectivity index (χ0) is 12.4. The van der Waals surface area contributed by atoms with Gasteiger partial charge in [-0.2, -0.15) is 26.3 Å². The van der Waals surface area contributed by atoms with Crippen LogP contribution in [0.3, 0.4) is 0 Å². The molecule has 0 saturated heterocycles. The molecule has 0 heterocycles. The second kappa shape index (κ2) is 4.11. The van der Waals surface area contributed by atoms with Crippen molar-refractivity contribution in [1.29, 1.82) is 0 Å². The van der Waals surface area contributed by atoms with E-state index >= 15 is 0 Å². The van der Waals surface area contributed by atoms with Crippen molar-refractivity contribution in [2.24, 2.45) is 5.92 Å². The van der Waals surface area contributed by atoms with Gasteiger partial charge < -0.3 is 5.11 Å². The molecule has 0 aliphatic carbocycles. The summed E-state index contributed by atoms with van der Waals surface area (Å²) in [5, 5.41) is 8.16. The third kappa shape index (κ3) is 4.22. The lowest BCUT2D eigenvalue weighted by atomic mass is 10.1. The largest absolute Gasteiger partial charge is 0.478 e. The Hall–Kier alpha value is -1.21. The number of carboxylic acids is 1. The smallest absolute Gasteiger partial charge is 0.403 e. The normalized spacial score (nSPS) is 14.5. The number of carbonyl (C=O) groups is 1. The van der Waals surface area contributed by atoms with E-state index in [9.17, 15) is 31.1 Å². The molecule has 0 aliphatic heterocycles. The maximum Gasteiger partial charge on any atom is 0.403 e. The zero-order valence-corrected chi connectivity index (χ0v) is 7.28. The SMILES string of the molecule is CC(=CC(C(F)(F)F)C(F)(F)F)C(=O)O. The number of rotatable bonds is 2. The molecule has 0 saturated carbocycles. The van der Waals surface area contributed by atoms with E-state index in [0.29, 0.717) is 6.92 Å². The van der Waals surface area contributed by atoms with Crippen LogP contribution in [0.2, 0.25) is 0 Å². The minimum atomic E-state index is -5.55. The van der Waals surface area contributed by atoms with Crippen LogP contribution in [0.4, 0.5) is 26.3 Å². The Bertz CT molecular complexity index is 260. The summed E-state index contributed by atoms with van der Waals surface area (Å²) in [7, 11) is 0. The van der Waals surface area contributed by atoms with Gasteiger partial charge in [-0.05, 0) is 6.92 Å². The summed E-state index contributed by atoms with van der Waals surface area (Å²) in [5.41, 5.74) is -1.00. The van der Waals surface area contributed by atoms with Crippen molar-refractivity contribution in [3.63, 3.8) is 0 Å². The van der Waals surface area contributed by atoms with Gasteiger partial charge in [0.15, 0.2) is 5.92 Å². The van der Waals surface area contributed by atoms with Crippen molar-refractivity contribution < 1.29 is 36.2 Å². The summed E-state index contributed by atoms with van der Waals surface area (Å²) in [4.78, 5) is 10.1. The van der Waals surface area contributed by atoms with E-state index in [1.165, 1.54) is 0 Å². The maximum absolute atomic E-state index is 11.9. The number of carboxylic acid groups (broad SMARTS) is 1. The van der Waals surface area contributed by atoms with Gasteiger partial charge in [-0.25, -0.2) is 4.79 Å². The lowest BCUT2D eigenvalue weighted by Crippen LogP contribution is -2.35. The Morgan fingerprint density at radius 2 is 1.47 bits per heavy atom. The topological polar surface area (TPSA) is 37.3 Å². The minimum absolute atomic E-state index is 0.359. The second-order valence-electron chi connectivity index (χ2n) is 2.72. The van der Waals surface area contributed by atoms with Crippen molar-refractivity contribution in [2.45, 2.75) is 19.3 Å². The van der Waals surface area contributed by atoms with Crippen LogP contribution in [0.5, 0.6) is 0 Å². The van der Waals surface area contributed by atoms with Crippen molar-refractivity contribution in [3.05, 3.63) is 11.6 Å². The molecule has 88 valence electrons. The molecular weight excluding hydrogens is 230 g/mol. The van der Waals surface area contributed by atoms with Crippen molar-refractivity contribution in [1.82, 2.24) is 0 Å². The standard InChI is InChI=1S/C7H6F6O2/c1-3(5(14)15)2-4(6(8,9)10)7(11,12)13/h2,4H,1H3,(H,14,15). The van der Waals surface area contributed by atoms with Crippen LogP contribution in [0, 0.1) is 5.92 Å². The molecule has 0 aromatic heterocycles. The lowest BCUT2D eigenvalue weighted by Gasteiger charge is -2.20. The summed E-state index contributed by atoms with van der Waals surface area (Å²) in [5.74, 6) is -5.57. The highest BCUT2D eigenvalue weighted by Crippen LogP contribution is 2.40. The highest BCUT2D eigenvalue weighted by atomic mass is 19.4. The first kappa shape index (κ1) is 13.8. The van der Waals surface area contributed by atoms with E-state index in [0.717, 1.165) is 0 Å². The first-order chi connectivity index (χ1) is 6.46. The lowest BCUT2D eigenvalue weighted by molar-refractivity contribution is -0.267. The van der Waals surface area contributed by atoms with Gasteiger partial charge >= 0.3 is 18.3 Å². The van der Waals surface area contributed by atoms with Crippen LogP contribution in [-0.4, -0.2) is 23.4 Å². The van der Waals surface area contributed by atoms with Gasteiger partial charge in [0, 0.05) is 5.57 Å². The number of alkyl halides is 6. The average Bonchev–Trinajstić information content (AvgIpc) is 1.94. The fourth-order valence-electron chi connectivity index (χ4n) is 0.696. The van der Waals surface area contributed by atoms with Gasteiger partial charge in [-0.3, -0.25) is 0 Å². The molecule has 0 rings (SSSR count). The Morgan fingerprint density at radius 3 is 1.67 bits per heavy atom. The molecule has 0 aromatic rings. The number of aliphatic carboxylic acids is 1. The number of hydrogen-bond acceptors (Lipinski definition) is 1. The molecule has 2 nitrogen and oxygen atoms in total. The highest BCUT2D eigenvalue weighted by molar-refractivity contribution is 5.85. The molecule has 0 radical (unpaired) electrons. The van der Waals surface area contributed by atoms with Gasteiger partial charge in [-0.1, -0.05) is 6.08 Å². The van der Waals surface area contributed by atoms with Crippen LogP contribution in [0.1, 0.15) is 6.92 Å². The van der Waals surface area contributed by atoms with Gasteiger partial charge in [-0.15, -0.1) is 0 Å². The quantitative estimate of drug-likeness (QED) is 0.591. The second-order valence-corrected chi connectivity index (χ2v) is 2.72. The first-order valence-corrected chi connectivity index (χ1v) is 3.51. The molecule has 0 atom stereocenters. The van der Waals surface area contributed by atoms with Crippen LogP contribution in [-0.2, 0) is 4.79 Å². The Labute approximate surface area is 80.2 Å². The molecule has 0 fully saturated rings. The molecule has 0 unspecified atom stereocenters. The van der Waals surface area contributed by atoms with Crippen LogP contribution in [0.15, 0.2) is 11.6 Å². The molecule has 15 heavy (non-hydrogen) atoms. The van der Waals surface area contributed by atoms with Crippen LogP contribution >= 0.6 is 0 Å². The first-order valence-electron chi connectivity index (χ1n) is 3.51. The van der Waals surface area contributed by atoms with Crippen LogP contribution in [0.25, 0.3) is 0 Å². The number of halogens is 6. The van der Waals surface area contributed by atoms with E-state index < -0.39 is 29.8 Å². The number of allylic oxidation sites excluding steroid dienone is 1. The fraction of sp³-hybridized carbons (Fsp3) is 0.571. The molecule has 0 aliphatic rings. The predicted molar refractivity (Wildman–Crippen MR) is 37.0 cm³/mol. The molecule has 0 amide bonds. The van der Waals surface area contributed by atoms with E-state index in [2.05, 4.69) is 0 Å².